The molecule has 0 aliphatic rings. The fourth-order valence-electron chi connectivity index (χ4n) is 0. The van der Waals surface area contributed by atoms with Gasteiger partial charge in [-0.3, -0.25) is 0 Å². The Morgan fingerprint density at radius 2 is 0.231 bits per heavy atom. The Labute approximate surface area is 97.0 Å². The van der Waals surface area contributed by atoms with Crippen LogP contribution in [0.5, 0.6) is 0 Å². The van der Waals surface area contributed by atoms with Crippen LogP contribution in [-0.4, -0.2) is 95.3 Å². The summed E-state index contributed by atoms with van der Waals surface area (Å²) in [5.41, 5.74) is 0. The SMILES string of the molecule is O.O.O.O.O.O.O.O.O.O.O.O.[H+].[NaH]. The summed E-state index contributed by atoms with van der Waals surface area (Å²) < 4.78 is 0. The van der Waals surface area contributed by atoms with Crippen LogP contribution in [0.2, 0.25) is 0 Å². The molecule has 0 saturated heterocycles. The Morgan fingerprint density at radius 1 is 0.231 bits per heavy atom. The molecule has 0 saturated carbocycles. The van der Waals surface area contributed by atoms with E-state index in [0.29, 0.717) is 0 Å². The Morgan fingerprint density at radius 3 is 0.231 bits per heavy atom. The van der Waals surface area contributed by atoms with E-state index < -0.39 is 0 Å². The summed E-state index contributed by atoms with van der Waals surface area (Å²) in [4.78, 5) is 0. The van der Waals surface area contributed by atoms with Gasteiger partial charge in [0.05, 0.1) is 0 Å². The van der Waals surface area contributed by atoms with Crippen LogP contribution in [-0.2, 0) is 0 Å². The average molecular weight is 241 g/mol. The topological polar surface area (TPSA) is 378 Å². The first-order chi connectivity index (χ1) is 0. The minimum atomic E-state index is 0. The van der Waals surface area contributed by atoms with E-state index in [1.165, 1.54) is 0 Å². The van der Waals surface area contributed by atoms with Gasteiger partial charge in [0.15, 0.2) is 0 Å². The van der Waals surface area contributed by atoms with Gasteiger partial charge in [-0.25, -0.2) is 0 Å². The average Bonchev–Trinajstić information content (AvgIpc) is 0. The third-order valence-corrected chi connectivity index (χ3v) is 0. The molecule has 98 valence electrons. The van der Waals surface area contributed by atoms with Gasteiger partial charge in [-0.2, -0.15) is 0 Å². The first-order valence-electron chi connectivity index (χ1n) is 0. The molecule has 13 heteroatoms. The van der Waals surface area contributed by atoms with Crippen LogP contribution in [0.3, 0.4) is 0 Å². The molecule has 0 aromatic heterocycles. The maximum absolute atomic E-state index is 0. The summed E-state index contributed by atoms with van der Waals surface area (Å²) in [6.45, 7) is 0. The molecule has 13 heavy (non-hydrogen) atoms. The molecule has 0 amide bonds. The third-order valence-electron chi connectivity index (χ3n) is 0. The normalized spacial score (nSPS) is 0. The molecule has 0 spiro atoms. The van der Waals surface area contributed by atoms with Gasteiger partial charge in [-0.05, 0) is 0 Å². The van der Waals surface area contributed by atoms with Gasteiger partial charge >= 0.3 is 31.0 Å². The molecule has 0 heterocycles. The third kappa shape index (κ3) is 5120. The number of hydrogen-bond acceptors (Lipinski definition) is 0. The summed E-state index contributed by atoms with van der Waals surface area (Å²) in [7, 11) is 0. The summed E-state index contributed by atoms with van der Waals surface area (Å²) >= 11 is 0. The van der Waals surface area contributed by atoms with E-state index in [9.17, 15) is 0 Å². The van der Waals surface area contributed by atoms with E-state index in [1.807, 2.05) is 0 Å². The van der Waals surface area contributed by atoms with E-state index in [4.69, 9.17) is 0 Å². The second-order valence-corrected chi connectivity index (χ2v) is 0. The molecule has 24 N–H and O–H groups in total. The molecule has 0 bridgehead atoms. The molecule has 0 rings (SSSR count). The zero-order chi connectivity index (χ0) is 0. The van der Waals surface area contributed by atoms with Crippen LogP contribution in [0.1, 0.15) is 1.43 Å². The molecule has 0 atom stereocenters. The number of hydrogen-bond donors (Lipinski definition) is 0. The van der Waals surface area contributed by atoms with Crippen molar-refractivity contribution in [3.8, 4) is 0 Å². The van der Waals surface area contributed by atoms with Crippen molar-refractivity contribution in [1.82, 2.24) is 0 Å². The Bertz CT molecular complexity index is 10.3. The molecule has 0 aromatic carbocycles. The predicted octanol–water partition coefficient (Wildman–Crippen LogP) is -10.4. The molecule has 12 nitrogen and oxygen atoms in total. The summed E-state index contributed by atoms with van der Waals surface area (Å²) in [5, 5.41) is 0. The standard InChI is InChI=1S/Na.12H2O.H/h;12*1H2;/p+1. The fourth-order valence-corrected chi connectivity index (χ4v) is 0. The first-order valence-corrected chi connectivity index (χ1v) is 0. The van der Waals surface area contributed by atoms with Crippen LogP contribution in [0.4, 0.5) is 0 Å². The van der Waals surface area contributed by atoms with Gasteiger partial charge in [-0.15, -0.1) is 0 Å². The number of rotatable bonds is 0. The van der Waals surface area contributed by atoms with Crippen molar-refractivity contribution in [2.75, 3.05) is 0 Å². The second-order valence-electron chi connectivity index (χ2n) is 0. The van der Waals surface area contributed by atoms with E-state index in [1.54, 1.807) is 0 Å². The maximum atomic E-state index is 0. The van der Waals surface area contributed by atoms with E-state index in [0.717, 1.165) is 0 Å². The summed E-state index contributed by atoms with van der Waals surface area (Å²) in [5.74, 6) is 0. The Kier molecular flexibility index (Phi) is 3700000. The van der Waals surface area contributed by atoms with Crippen LogP contribution in [0.25, 0.3) is 0 Å². The fraction of sp³-hybridized carbons (Fsp3) is 0. The van der Waals surface area contributed by atoms with Gasteiger partial charge in [0.1, 0.15) is 0 Å². The van der Waals surface area contributed by atoms with E-state index in [2.05, 4.69) is 0 Å². The molecule has 0 aromatic rings. The van der Waals surface area contributed by atoms with E-state index >= 15 is 0 Å². The molecule has 0 radical (unpaired) electrons. The molecule has 0 unspecified atom stereocenters. The van der Waals surface area contributed by atoms with Crippen molar-refractivity contribution in [2.24, 2.45) is 0 Å². The van der Waals surface area contributed by atoms with Crippen LogP contribution in [0.15, 0.2) is 0 Å². The van der Waals surface area contributed by atoms with Crippen molar-refractivity contribution in [1.29, 1.82) is 0 Å². The van der Waals surface area contributed by atoms with Gasteiger partial charge in [0, 0.05) is 0 Å². The first kappa shape index (κ1) is 7840. The molecular formula is H26NaO12+. The van der Waals surface area contributed by atoms with Crippen molar-refractivity contribution in [3.63, 3.8) is 0 Å². The minimum absolute atomic E-state index is 0. The zero-order valence-electron chi connectivity index (χ0n) is 7.00. The monoisotopic (exact) mass is 241 g/mol. The van der Waals surface area contributed by atoms with Gasteiger partial charge < -0.3 is 65.7 Å². The van der Waals surface area contributed by atoms with Crippen molar-refractivity contribution >= 4 is 29.6 Å². The quantitative estimate of drug-likeness (QED) is 0.356. The Hall–Kier alpha value is 0.520. The van der Waals surface area contributed by atoms with Crippen LogP contribution < -0.4 is 0 Å². The summed E-state index contributed by atoms with van der Waals surface area (Å²) in [6, 6.07) is 0. The summed E-state index contributed by atoms with van der Waals surface area (Å²) in [6.07, 6.45) is 0. The van der Waals surface area contributed by atoms with Crippen molar-refractivity contribution < 1.29 is 67.1 Å². The van der Waals surface area contributed by atoms with Crippen molar-refractivity contribution in [3.05, 3.63) is 0 Å². The van der Waals surface area contributed by atoms with E-state index in [-0.39, 0.29) is 96.7 Å². The van der Waals surface area contributed by atoms with Crippen LogP contribution in [0, 0.1) is 0 Å². The molecular weight excluding hydrogens is 215 g/mol. The van der Waals surface area contributed by atoms with Gasteiger partial charge in [0.25, 0.3) is 0 Å². The molecule has 0 aliphatic carbocycles. The molecule has 0 fully saturated rings. The predicted molar refractivity (Wildman–Crippen MR) is 51.6 cm³/mol. The zero-order valence-corrected chi connectivity index (χ0v) is 6.00. The van der Waals surface area contributed by atoms with Crippen molar-refractivity contribution in [2.45, 2.75) is 0 Å². The second kappa shape index (κ2) is 6140. The van der Waals surface area contributed by atoms with Crippen LogP contribution >= 0.6 is 0 Å². The molecule has 0 aliphatic heterocycles. The van der Waals surface area contributed by atoms with Gasteiger partial charge in [-0.1, -0.05) is 0 Å². The Balaban J connectivity index is 0. The van der Waals surface area contributed by atoms with Gasteiger partial charge in [0.2, 0.25) is 0 Å².